The Bertz CT molecular complexity index is 447. The molecule has 112 valence electrons. The van der Waals surface area contributed by atoms with Crippen molar-refractivity contribution in [2.24, 2.45) is 0 Å². The van der Waals surface area contributed by atoms with E-state index in [0.29, 0.717) is 0 Å². The van der Waals surface area contributed by atoms with Gasteiger partial charge in [-0.25, -0.2) is 4.98 Å². The van der Waals surface area contributed by atoms with E-state index in [1.54, 1.807) is 0 Å². The molecule has 1 heterocycles. The molecule has 20 heavy (non-hydrogen) atoms. The van der Waals surface area contributed by atoms with Gasteiger partial charge in [-0.05, 0) is 39.0 Å². The fourth-order valence-corrected chi connectivity index (χ4v) is 4.46. The largest absolute Gasteiger partial charge is 0.368 e. The van der Waals surface area contributed by atoms with Gasteiger partial charge in [-0.1, -0.05) is 19.8 Å². The van der Waals surface area contributed by atoms with Crippen LogP contribution in [0.5, 0.6) is 0 Å². The molecule has 3 nitrogen and oxygen atoms in total. The Labute approximate surface area is 126 Å². The van der Waals surface area contributed by atoms with Gasteiger partial charge in [0.1, 0.15) is 10.6 Å². The molecule has 1 aromatic rings. The van der Waals surface area contributed by atoms with Crippen molar-refractivity contribution in [3.05, 3.63) is 15.6 Å². The van der Waals surface area contributed by atoms with Crippen LogP contribution in [0.2, 0.25) is 0 Å². The van der Waals surface area contributed by atoms with Gasteiger partial charge in [-0.3, -0.25) is 0 Å². The number of hydrogen-bond acceptors (Lipinski definition) is 4. The minimum Gasteiger partial charge on any atom is -0.368 e. The van der Waals surface area contributed by atoms with Crippen molar-refractivity contribution in [1.82, 2.24) is 10.3 Å². The molecule has 0 spiro atoms. The first-order valence-corrected chi connectivity index (χ1v) is 8.95. The molecule has 2 saturated carbocycles. The van der Waals surface area contributed by atoms with Crippen molar-refractivity contribution in [3.8, 4) is 0 Å². The molecule has 2 aliphatic carbocycles. The van der Waals surface area contributed by atoms with Gasteiger partial charge in [-0.15, -0.1) is 11.3 Å². The minimum atomic E-state index is -0.0683. The predicted octanol–water partition coefficient (Wildman–Crippen LogP) is 3.76. The molecule has 0 aromatic carbocycles. The van der Waals surface area contributed by atoms with Crippen molar-refractivity contribution >= 4 is 11.3 Å². The first kappa shape index (κ1) is 14.5. The summed E-state index contributed by atoms with van der Waals surface area (Å²) in [5.74, 6) is 0. The number of nitrogens with zero attached hydrogens (tertiary/aromatic N) is 1. The summed E-state index contributed by atoms with van der Waals surface area (Å²) in [5.41, 5.74) is 1.21. The number of aryl methyl sites for hydroxylation is 1. The van der Waals surface area contributed by atoms with Gasteiger partial charge in [0.15, 0.2) is 0 Å². The van der Waals surface area contributed by atoms with E-state index in [2.05, 4.69) is 19.2 Å². The highest BCUT2D eigenvalue weighted by Gasteiger charge is 2.39. The second-order valence-corrected chi connectivity index (χ2v) is 7.12. The normalized spacial score (nSPS) is 21.5. The van der Waals surface area contributed by atoms with Crippen molar-refractivity contribution < 1.29 is 4.74 Å². The molecule has 1 N–H and O–H groups in total. The van der Waals surface area contributed by atoms with Crippen LogP contribution < -0.4 is 5.32 Å². The third-order valence-corrected chi connectivity index (χ3v) is 5.75. The number of hydrogen-bond donors (Lipinski definition) is 1. The Balaban J connectivity index is 1.80. The minimum absolute atomic E-state index is 0.0683. The molecule has 0 atom stereocenters. The Hall–Kier alpha value is -0.450. The zero-order valence-corrected chi connectivity index (χ0v) is 13.5. The molecule has 3 rings (SSSR count). The lowest BCUT2D eigenvalue weighted by Gasteiger charge is -2.26. The summed E-state index contributed by atoms with van der Waals surface area (Å²) in [6.45, 7) is 6.09. The van der Waals surface area contributed by atoms with Crippen LogP contribution in [0.4, 0.5) is 0 Å². The molecule has 0 aliphatic heterocycles. The summed E-state index contributed by atoms with van der Waals surface area (Å²) in [5, 5.41) is 4.86. The first-order chi connectivity index (χ1) is 9.77. The molecule has 0 amide bonds. The van der Waals surface area contributed by atoms with Gasteiger partial charge in [-0.2, -0.15) is 0 Å². The molecule has 0 bridgehead atoms. The number of thiazole rings is 1. The molecule has 0 radical (unpaired) electrons. The zero-order chi connectivity index (χ0) is 14.0. The SMILES string of the molecule is CCOC1(c2nc(CC)c(CNC3CC3)s2)CCCC1. The second kappa shape index (κ2) is 6.12. The van der Waals surface area contributed by atoms with Crippen LogP contribution in [0.25, 0.3) is 0 Å². The van der Waals surface area contributed by atoms with Gasteiger partial charge in [0.05, 0.1) is 5.69 Å². The van der Waals surface area contributed by atoms with Crippen molar-refractivity contribution in [1.29, 1.82) is 0 Å². The van der Waals surface area contributed by atoms with Crippen molar-refractivity contribution in [2.45, 2.75) is 77.0 Å². The zero-order valence-electron chi connectivity index (χ0n) is 12.7. The van der Waals surface area contributed by atoms with E-state index in [1.165, 1.54) is 41.3 Å². The average molecular weight is 294 g/mol. The third kappa shape index (κ3) is 2.92. The van der Waals surface area contributed by atoms with E-state index < -0.39 is 0 Å². The standard InChI is InChI=1S/C16H26N2OS/c1-3-13-14(11-17-12-7-8-12)20-15(18-13)16(19-4-2)9-5-6-10-16/h12,17H,3-11H2,1-2H3. The lowest BCUT2D eigenvalue weighted by Crippen LogP contribution is -2.26. The topological polar surface area (TPSA) is 34.1 Å². The Morgan fingerprint density at radius 2 is 2.05 bits per heavy atom. The Morgan fingerprint density at radius 1 is 1.30 bits per heavy atom. The van der Waals surface area contributed by atoms with Crippen LogP contribution in [0.15, 0.2) is 0 Å². The molecule has 4 heteroatoms. The predicted molar refractivity (Wildman–Crippen MR) is 83.1 cm³/mol. The van der Waals surface area contributed by atoms with Crippen LogP contribution in [-0.2, 0) is 23.3 Å². The van der Waals surface area contributed by atoms with Gasteiger partial charge < -0.3 is 10.1 Å². The van der Waals surface area contributed by atoms with Crippen LogP contribution in [0.1, 0.15) is 68.0 Å². The summed E-state index contributed by atoms with van der Waals surface area (Å²) in [7, 11) is 0. The Morgan fingerprint density at radius 3 is 2.65 bits per heavy atom. The summed E-state index contributed by atoms with van der Waals surface area (Å²) in [6.07, 6.45) is 8.56. The van der Waals surface area contributed by atoms with E-state index >= 15 is 0 Å². The average Bonchev–Trinajstić information content (AvgIpc) is 3.00. The maximum Gasteiger partial charge on any atom is 0.125 e. The quantitative estimate of drug-likeness (QED) is 0.831. The molecular weight excluding hydrogens is 268 g/mol. The highest BCUT2D eigenvalue weighted by molar-refractivity contribution is 7.11. The third-order valence-electron chi connectivity index (χ3n) is 4.46. The number of aromatic nitrogens is 1. The van der Waals surface area contributed by atoms with Gasteiger partial charge in [0.25, 0.3) is 0 Å². The summed E-state index contributed by atoms with van der Waals surface area (Å²) < 4.78 is 6.15. The van der Waals surface area contributed by atoms with Gasteiger partial charge >= 0.3 is 0 Å². The number of ether oxygens (including phenoxy) is 1. The molecule has 2 aliphatic rings. The smallest absolute Gasteiger partial charge is 0.125 e. The maximum absolute atomic E-state index is 6.15. The Kier molecular flexibility index (Phi) is 4.43. The fourth-order valence-electron chi connectivity index (χ4n) is 3.16. The summed E-state index contributed by atoms with van der Waals surface area (Å²) in [6, 6.07) is 0.762. The molecule has 2 fully saturated rings. The number of rotatable bonds is 7. The lowest BCUT2D eigenvalue weighted by molar-refractivity contribution is -0.0392. The van der Waals surface area contributed by atoms with Crippen LogP contribution in [0.3, 0.4) is 0 Å². The van der Waals surface area contributed by atoms with Crippen LogP contribution in [-0.4, -0.2) is 17.6 Å². The number of nitrogens with one attached hydrogen (secondary N) is 1. The lowest BCUT2D eigenvalue weighted by atomic mass is 10.0. The van der Waals surface area contributed by atoms with Crippen LogP contribution >= 0.6 is 11.3 Å². The summed E-state index contributed by atoms with van der Waals surface area (Å²) >= 11 is 1.89. The van der Waals surface area contributed by atoms with Gasteiger partial charge in [0.2, 0.25) is 0 Å². The molecular formula is C16H26N2OS. The molecule has 0 unspecified atom stereocenters. The molecule has 0 saturated heterocycles. The van der Waals surface area contributed by atoms with E-state index in [4.69, 9.17) is 9.72 Å². The van der Waals surface area contributed by atoms with Crippen molar-refractivity contribution in [3.63, 3.8) is 0 Å². The maximum atomic E-state index is 6.15. The van der Waals surface area contributed by atoms with E-state index in [-0.39, 0.29) is 5.60 Å². The molecule has 1 aromatic heterocycles. The summed E-state index contributed by atoms with van der Waals surface area (Å²) in [4.78, 5) is 6.38. The highest BCUT2D eigenvalue weighted by atomic mass is 32.1. The van der Waals surface area contributed by atoms with E-state index in [1.807, 2.05) is 11.3 Å². The van der Waals surface area contributed by atoms with Crippen molar-refractivity contribution in [2.75, 3.05) is 6.61 Å². The van der Waals surface area contributed by atoms with Crippen LogP contribution in [0, 0.1) is 0 Å². The van der Waals surface area contributed by atoms with Gasteiger partial charge in [0, 0.05) is 24.1 Å². The first-order valence-electron chi connectivity index (χ1n) is 8.14. The monoisotopic (exact) mass is 294 g/mol. The second-order valence-electron chi connectivity index (χ2n) is 6.03. The van der Waals surface area contributed by atoms with E-state index in [0.717, 1.165) is 38.5 Å². The van der Waals surface area contributed by atoms with E-state index in [9.17, 15) is 0 Å². The highest BCUT2D eigenvalue weighted by Crippen LogP contribution is 2.44. The fraction of sp³-hybridized carbons (Fsp3) is 0.812.